The molecular formula is C8H12N2O2S. The molecule has 0 bridgehead atoms. The van der Waals surface area contributed by atoms with Gasteiger partial charge in [-0.3, -0.25) is 4.79 Å². The zero-order valence-corrected chi connectivity index (χ0v) is 8.04. The molecule has 0 aromatic rings. The lowest BCUT2D eigenvalue weighted by Gasteiger charge is -2.27. The molecule has 13 heavy (non-hydrogen) atoms. The van der Waals surface area contributed by atoms with Crippen molar-refractivity contribution in [2.45, 2.75) is 37.0 Å². The lowest BCUT2D eigenvalue weighted by atomic mass is 9.84. The average molecular weight is 200 g/mol. The molecule has 3 atom stereocenters. The molecule has 2 rings (SSSR count). The summed E-state index contributed by atoms with van der Waals surface area (Å²) in [5.74, 6) is -0.338. The standard InChI is InChI=1S/C8H12N2O2S/c11-8(12)4-5-1-2-6-7(3-5)13-10-9-6/h5-7H,1-4H2,(H,11,12). The van der Waals surface area contributed by atoms with Gasteiger partial charge in [0.2, 0.25) is 0 Å². The van der Waals surface area contributed by atoms with Gasteiger partial charge in [-0.15, -0.1) is 4.52 Å². The lowest BCUT2D eigenvalue weighted by Crippen LogP contribution is -2.28. The van der Waals surface area contributed by atoms with Crippen molar-refractivity contribution in [2.24, 2.45) is 15.6 Å². The van der Waals surface area contributed by atoms with Crippen molar-refractivity contribution < 1.29 is 9.90 Å². The van der Waals surface area contributed by atoms with E-state index in [0.29, 0.717) is 23.6 Å². The predicted octanol–water partition coefficient (Wildman–Crippen LogP) is 2.11. The van der Waals surface area contributed by atoms with Crippen molar-refractivity contribution >= 4 is 17.9 Å². The van der Waals surface area contributed by atoms with E-state index in [0.717, 1.165) is 19.3 Å². The number of rotatable bonds is 2. The Kier molecular flexibility index (Phi) is 2.53. The van der Waals surface area contributed by atoms with Gasteiger partial charge in [-0.1, -0.05) is 0 Å². The van der Waals surface area contributed by atoms with E-state index in [9.17, 15) is 4.79 Å². The van der Waals surface area contributed by atoms with E-state index in [1.54, 1.807) is 0 Å². The van der Waals surface area contributed by atoms with E-state index < -0.39 is 5.97 Å². The molecule has 72 valence electrons. The van der Waals surface area contributed by atoms with E-state index in [4.69, 9.17) is 5.11 Å². The molecule has 2 aliphatic rings. The molecule has 1 fully saturated rings. The molecule has 0 spiro atoms. The number of carboxylic acid groups (broad SMARTS) is 1. The van der Waals surface area contributed by atoms with Gasteiger partial charge in [-0.05, 0) is 25.2 Å². The number of fused-ring (bicyclic) bond motifs is 1. The Morgan fingerprint density at radius 2 is 2.38 bits per heavy atom. The van der Waals surface area contributed by atoms with E-state index in [-0.39, 0.29) is 0 Å². The highest BCUT2D eigenvalue weighted by Crippen LogP contribution is 2.40. The van der Waals surface area contributed by atoms with Crippen LogP contribution in [0, 0.1) is 5.92 Å². The van der Waals surface area contributed by atoms with Gasteiger partial charge < -0.3 is 5.11 Å². The largest absolute Gasteiger partial charge is 0.481 e. The first kappa shape index (κ1) is 8.99. The zero-order chi connectivity index (χ0) is 9.26. The van der Waals surface area contributed by atoms with Crippen LogP contribution >= 0.6 is 11.9 Å². The van der Waals surface area contributed by atoms with Gasteiger partial charge in [-0.25, -0.2) is 0 Å². The summed E-state index contributed by atoms with van der Waals surface area (Å²) in [4.78, 5) is 10.5. The number of hydrogen-bond acceptors (Lipinski definition) is 4. The number of hydrogen-bond donors (Lipinski definition) is 1. The van der Waals surface area contributed by atoms with Crippen LogP contribution in [0.15, 0.2) is 9.63 Å². The number of aliphatic carboxylic acids is 1. The highest BCUT2D eigenvalue weighted by Gasteiger charge is 2.34. The lowest BCUT2D eigenvalue weighted by molar-refractivity contribution is -0.138. The Hall–Kier alpha value is -0.580. The van der Waals surface area contributed by atoms with Gasteiger partial charge in [0.25, 0.3) is 0 Å². The molecular weight excluding hydrogens is 188 g/mol. The monoisotopic (exact) mass is 200 g/mol. The third kappa shape index (κ3) is 2.02. The highest BCUT2D eigenvalue weighted by atomic mass is 32.2. The Morgan fingerprint density at radius 1 is 1.54 bits per heavy atom. The van der Waals surface area contributed by atoms with Crippen LogP contribution in [0.1, 0.15) is 25.7 Å². The molecule has 0 aromatic heterocycles. The fraction of sp³-hybridized carbons (Fsp3) is 0.875. The van der Waals surface area contributed by atoms with E-state index >= 15 is 0 Å². The van der Waals surface area contributed by atoms with E-state index in [1.807, 2.05) is 0 Å². The van der Waals surface area contributed by atoms with Gasteiger partial charge >= 0.3 is 5.97 Å². The Morgan fingerprint density at radius 3 is 3.15 bits per heavy atom. The number of carboxylic acids is 1. The first-order valence-corrected chi connectivity index (χ1v) is 5.37. The Balaban J connectivity index is 1.88. The molecule has 0 aromatic carbocycles. The van der Waals surface area contributed by atoms with Gasteiger partial charge in [-0.2, -0.15) is 5.11 Å². The first-order valence-electron chi connectivity index (χ1n) is 4.53. The van der Waals surface area contributed by atoms with Crippen molar-refractivity contribution in [3.05, 3.63) is 0 Å². The molecule has 5 heteroatoms. The SMILES string of the molecule is O=C(O)CC1CCC2N=NSC2C1. The fourth-order valence-corrected chi connectivity index (χ4v) is 3.01. The minimum absolute atomic E-state index is 0.309. The van der Waals surface area contributed by atoms with Gasteiger partial charge in [0.15, 0.2) is 0 Å². The van der Waals surface area contributed by atoms with Crippen molar-refractivity contribution in [1.29, 1.82) is 0 Å². The molecule has 1 saturated carbocycles. The van der Waals surface area contributed by atoms with Gasteiger partial charge in [0.05, 0.1) is 11.3 Å². The zero-order valence-electron chi connectivity index (χ0n) is 7.22. The summed E-state index contributed by atoms with van der Waals surface area (Å²) in [6.45, 7) is 0. The molecule has 1 N–H and O–H groups in total. The van der Waals surface area contributed by atoms with Crippen LogP contribution in [0.5, 0.6) is 0 Å². The molecule has 0 radical (unpaired) electrons. The maximum Gasteiger partial charge on any atom is 0.303 e. The molecule has 1 aliphatic carbocycles. The Labute approximate surface area is 80.9 Å². The Bertz CT molecular complexity index is 244. The van der Waals surface area contributed by atoms with Crippen LogP contribution < -0.4 is 0 Å². The number of carbonyl (C=O) groups is 1. The summed E-state index contributed by atoms with van der Waals surface area (Å²) in [5.41, 5.74) is 0. The second-order valence-electron chi connectivity index (χ2n) is 3.69. The minimum atomic E-state index is -0.680. The molecule has 4 nitrogen and oxygen atoms in total. The average Bonchev–Trinajstić information content (AvgIpc) is 2.49. The van der Waals surface area contributed by atoms with Crippen molar-refractivity contribution in [1.82, 2.24) is 0 Å². The summed E-state index contributed by atoms with van der Waals surface area (Å²) < 4.78 is 3.94. The van der Waals surface area contributed by atoms with Crippen molar-refractivity contribution in [3.8, 4) is 0 Å². The first-order chi connectivity index (χ1) is 6.25. The third-order valence-corrected chi connectivity index (χ3v) is 3.67. The highest BCUT2D eigenvalue weighted by molar-refractivity contribution is 7.98. The summed E-state index contributed by atoms with van der Waals surface area (Å²) in [6.07, 6.45) is 3.28. The van der Waals surface area contributed by atoms with Crippen LogP contribution in [0.4, 0.5) is 0 Å². The van der Waals surface area contributed by atoms with Crippen LogP contribution in [-0.4, -0.2) is 22.4 Å². The molecule has 3 unspecified atom stereocenters. The summed E-state index contributed by atoms with van der Waals surface area (Å²) >= 11 is 1.52. The van der Waals surface area contributed by atoms with Gasteiger partial charge in [0.1, 0.15) is 0 Å². The maximum absolute atomic E-state index is 10.5. The summed E-state index contributed by atoms with van der Waals surface area (Å²) in [6, 6.07) is 0.370. The van der Waals surface area contributed by atoms with Crippen LogP contribution in [0.2, 0.25) is 0 Å². The molecule has 1 aliphatic heterocycles. The third-order valence-electron chi connectivity index (χ3n) is 2.71. The van der Waals surface area contributed by atoms with Crippen LogP contribution in [-0.2, 0) is 4.79 Å². The van der Waals surface area contributed by atoms with Crippen LogP contribution in [0.3, 0.4) is 0 Å². The minimum Gasteiger partial charge on any atom is -0.481 e. The quantitative estimate of drug-likeness (QED) is 0.694. The van der Waals surface area contributed by atoms with Crippen LogP contribution in [0.25, 0.3) is 0 Å². The predicted molar refractivity (Wildman–Crippen MR) is 49.6 cm³/mol. The summed E-state index contributed by atoms with van der Waals surface area (Å²) in [7, 11) is 0. The number of nitrogens with zero attached hydrogens (tertiary/aromatic N) is 2. The molecule has 1 heterocycles. The van der Waals surface area contributed by atoms with E-state index in [2.05, 4.69) is 9.63 Å². The van der Waals surface area contributed by atoms with E-state index in [1.165, 1.54) is 11.9 Å². The van der Waals surface area contributed by atoms with Crippen molar-refractivity contribution in [3.63, 3.8) is 0 Å². The summed E-state index contributed by atoms with van der Waals surface area (Å²) in [5, 5.41) is 13.2. The second kappa shape index (κ2) is 3.65. The second-order valence-corrected chi connectivity index (χ2v) is 4.66. The van der Waals surface area contributed by atoms with Crippen molar-refractivity contribution in [2.75, 3.05) is 0 Å². The molecule has 0 amide bonds. The maximum atomic E-state index is 10.5. The normalized spacial score (nSPS) is 37.4. The topological polar surface area (TPSA) is 62.0 Å². The fourth-order valence-electron chi connectivity index (χ4n) is 2.02. The smallest absolute Gasteiger partial charge is 0.303 e. The molecule has 0 saturated heterocycles. The van der Waals surface area contributed by atoms with Gasteiger partial charge in [0, 0.05) is 18.4 Å².